The van der Waals surface area contributed by atoms with Gasteiger partial charge in [0, 0.05) is 17.4 Å². The third-order valence-corrected chi connectivity index (χ3v) is 8.12. The van der Waals surface area contributed by atoms with Gasteiger partial charge >= 0.3 is 38.2 Å². The molecule has 2 heterocycles. The van der Waals surface area contributed by atoms with Crippen LogP contribution >= 0.6 is 0 Å². The fourth-order valence-corrected chi connectivity index (χ4v) is 5.91. The lowest BCUT2D eigenvalue weighted by molar-refractivity contribution is -0.522. The molecule has 0 spiro atoms. The Labute approximate surface area is 268 Å². The van der Waals surface area contributed by atoms with Gasteiger partial charge in [0.1, 0.15) is 0 Å². The molecular formula is C32H17BF13N3+. The second kappa shape index (κ2) is 11.7. The molecule has 2 unspecified atom stereocenters. The first-order valence-electron chi connectivity index (χ1n) is 14.0. The SMILES string of the molecule is F[B][n+]1cc(C2C=CC(C(F)(F)F)=CC2C(F)(F)F)ccc1N=C1Nc2ccc(-c3ccc(C(F)(F)F)cc3C(F)(F)F)c3cccc1c23. The molecule has 1 aromatic heterocycles. The molecule has 0 fully saturated rings. The summed E-state index contributed by atoms with van der Waals surface area (Å²) in [6, 6.07) is 10.7. The topological polar surface area (TPSA) is 28.3 Å². The number of hydrogen-bond donors (Lipinski definition) is 1. The van der Waals surface area contributed by atoms with Crippen LogP contribution in [-0.4, -0.2) is 25.9 Å². The molecular weight excluding hydrogens is 684 g/mol. The number of anilines is 1. The van der Waals surface area contributed by atoms with Crippen LogP contribution in [0.5, 0.6) is 0 Å². The van der Waals surface area contributed by atoms with Crippen LogP contribution in [0.25, 0.3) is 21.9 Å². The van der Waals surface area contributed by atoms with E-state index in [-0.39, 0.29) is 48.0 Å². The van der Waals surface area contributed by atoms with Crippen LogP contribution < -0.4 is 9.79 Å². The summed E-state index contributed by atoms with van der Waals surface area (Å²) in [6.45, 7) is 0. The van der Waals surface area contributed by atoms with Crippen LogP contribution in [0.4, 0.5) is 68.5 Å². The van der Waals surface area contributed by atoms with E-state index in [0.717, 1.165) is 30.5 Å². The third-order valence-electron chi connectivity index (χ3n) is 8.12. The first kappa shape index (κ1) is 34.1. The molecule has 49 heavy (non-hydrogen) atoms. The third kappa shape index (κ3) is 6.37. The average molecular weight is 701 g/mol. The van der Waals surface area contributed by atoms with Gasteiger partial charge in [0.15, 0.2) is 0 Å². The first-order chi connectivity index (χ1) is 22.8. The monoisotopic (exact) mass is 701 g/mol. The smallest absolute Gasteiger partial charge is 0.318 e. The van der Waals surface area contributed by atoms with Crippen molar-refractivity contribution < 1.29 is 61.5 Å². The van der Waals surface area contributed by atoms with E-state index in [1.165, 1.54) is 30.3 Å². The van der Waals surface area contributed by atoms with E-state index in [9.17, 15) is 57.0 Å². The molecule has 1 aliphatic heterocycles. The highest BCUT2D eigenvalue weighted by atomic mass is 19.4. The molecule has 17 heteroatoms. The number of halogens is 13. The number of benzene rings is 3. The van der Waals surface area contributed by atoms with Gasteiger partial charge in [-0.2, -0.15) is 52.7 Å². The zero-order valence-corrected chi connectivity index (χ0v) is 24.1. The van der Waals surface area contributed by atoms with E-state index in [0.29, 0.717) is 33.3 Å². The van der Waals surface area contributed by atoms with Gasteiger partial charge in [-0.25, -0.2) is 0 Å². The van der Waals surface area contributed by atoms with Crippen LogP contribution in [0.15, 0.2) is 95.7 Å². The van der Waals surface area contributed by atoms with Crippen LogP contribution in [0, 0.1) is 5.92 Å². The summed E-state index contributed by atoms with van der Waals surface area (Å²) in [5.41, 5.74) is -4.55. The fraction of sp³-hybridized carbons (Fsp3) is 0.188. The van der Waals surface area contributed by atoms with Crippen molar-refractivity contribution in [3.8, 4) is 11.1 Å². The summed E-state index contributed by atoms with van der Waals surface area (Å²) in [7, 11) is -0.0287. The highest BCUT2D eigenvalue weighted by Gasteiger charge is 2.47. The Kier molecular flexibility index (Phi) is 8.10. The maximum atomic E-state index is 14.1. The first-order valence-corrected chi connectivity index (χ1v) is 14.0. The lowest BCUT2D eigenvalue weighted by atomic mass is 9.81. The minimum Gasteiger partial charge on any atom is -0.318 e. The van der Waals surface area contributed by atoms with E-state index in [1.807, 2.05) is 0 Å². The molecule has 0 saturated heterocycles. The van der Waals surface area contributed by atoms with Crippen LogP contribution in [0.3, 0.4) is 0 Å². The van der Waals surface area contributed by atoms with Gasteiger partial charge in [-0.1, -0.05) is 42.5 Å². The number of nitrogens with zero attached hydrogens (tertiary/aromatic N) is 2. The molecule has 1 N–H and O–H groups in total. The molecule has 6 rings (SSSR count). The van der Waals surface area contributed by atoms with E-state index in [1.54, 1.807) is 0 Å². The molecule has 2 atom stereocenters. The number of aliphatic imine (C=N–C) groups is 1. The molecule has 1 radical (unpaired) electrons. The molecule has 3 nitrogen and oxygen atoms in total. The number of amidine groups is 1. The molecule has 3 aromatic carbocycles. The number of pyridine rings is 1. The van der Waals surface area contributed by atoms with Gasteiger partial charge in [-0.15, -0.1) is 0 Å². The molecule has 0 bridgehead atoms. The number of hydrogen-bond acceptors (Lipinski definition) is 1. The number of rotatable bonds is 4. The molecule has 253 valence electrons. The standard InChI is InChI=1S/C32H17BF13N3/c34-29(35,36)16-5-7-18(23(12-16)31(40,41)42)15-4-11-26(49(14-15)33-46)48-28-22-3-1-2-21-19(9-10-25(47-28)27(21)22)20-8-6-17(30(37,38)39)13-24(20)32(43,44)45/h1-14,18,23H,(H,47,48)/q+1. The normalized spacial score (nSPS) is 19.0. The highest BCUT2D eigenvalue weighted by molar-refractivity contribution is 6.28. The van der Waals surface area contributed by atoms with E-state index >= 15 is 0 Å². The summed E-state index contributed by atoms with van der Waals surface area (Å²) in [4.78, 5) is 4.36. The Morgan fingerprint density at radius 1 is 0.735 bits per heavy atom. The molecule has 2 aliphatic rings. The van der Waals surface area contributed by atoms with Crippen molar-refractivity contribution in [3.05, 3.63) is 113 Å². The van der Waals surface area contributed by atoms with Gasteiger partial charge in [0.05, 0.1) is 40.1 Å². The number of aromatic nitrogens is 1. The maximum absolute atomic E-state index is 14.1. The van der Waals surface area contributed by atoms with Gasteiger partial charge in [-0.3, -0.25) is 8.79 Å². The van der Waals surface area contributed by atoms with Crippen molar-refractivity contribution in [1.82, 2.24) is 0 Å². The zero-order chi connectivity index (χ0) is 35.7. The van der Waals surface area contributed by atoms with Crippen molar-refractivity contribution in [2.24, 2.45) is 10.9 Å². The predicted molar refractivity (Wildman–Crippen MR) is 154 cm³/mol. The summed E-state index contributed by atoms with van der Waals surface area (Å²) in [5.74, 6) is -4.34. The van der Waals surface area contributed by atoms with Crippen molar-refractivity contribution in [2.45, 2.75) is 30.6 Å². The summed E-state index contributed by atoms with van der Waals surface area (Å²) < 4.78 is 178. The van der Waals surface area contributed by atoms with Crippen LogP contribution in [0.1, 0.15) is 28.2 Å². The second-order valence-corrected chi connectivity index (χ2v) is 11.1. The van der Waals surface area contributed by atoms with Crippen LogP contribution in [-0.2, 0) is 12.4 Å². The fourth-order valence-electron chi connectivity index (χ4n) is 5.91. The Morgan fingerprint density at radius 3 is 2.08 bits per heavy atom. The van der Waals surface area contributed by atoms with Gasteiger partial charge < -0.3 is 5.32 Å². The predicted octanol–water partition coefficient (Wildman–Crippen LogP) is 10.0. The summed E-state index contributed by atoms with van der Waals surface area (Å²) in [6.07, 6.45) is -18.0. The van der Waals surface area contributed by atoms with Gasteiger partial charge in [0.2, 0.25) is 0 Å². The van der Waals surface area contributed by atoms with Crippen molar-refractivity contribution in [3.63, 3.8) is 0 Å². The Morgan fingerprint density at radius 2 is 1.45 bits per heavy atom. The molecule has 1 aliphatic carbocycles. The summed E-state index contributed by atoms with van der Waals surface area (Å²) in [5, 5.41) is 3.49. The quantitative estimate of drug-likeness (QED) is 0.167. The number of allylic oxidation sites excluding steroid dienone is 4. The Hall–Kier alpha value is -4.83. The minimum absolute atomic E-state index is 0.0287. The van der Waals surface area contributed by atoms with E-state index in [2.05, 4.69) is 10.3 Å². The Bertz CT molecular complexity index is 2060. The van der Waals surface area contributed by atoms with E-state index < -0.39 is 58.8 Å². The minimum atomic E-state index is -5.14. The maximum Gasteiger partial charge on any atom is 0.640 e. The second-order valence-electron chi connectivity index (χ2n) is 11.1. The van der Waals surface area contributed by atoms with E-state index in [4.69, 9.17) is 0 Å². The Balaban J connectivity index is 1.40. The van der Waals surface area contributed by atoms with Crippen molar-refractivity contribution in [2.75, 3.05) is 5.32 Å². The lowest BCUT2D eigenvalue weighted by Gasteiger charge is -2.28. The largest absolute Gasteiger partial charge is 0.640 e. The van der Waals surface area contributed by atoms with Crippen molar-refractivity contribution >= 4 is 35.8 Å². The number of nitrogens with one attached hydrogen (secondary N) is 1. The lowest BCUT2D eigenvalue weighted by Crippen LogP contribution is -2.39. The van der Waals surface area contributed by atoms with Gasteiger partial charge in [-0.05, 0) is 57.4 Å². The van der Waals surface area contributed by atoms with Crippen LogP contribution in [0.2, 0.25) is 0 Å². The van der Waals surface area contributed by atoms with Gasteiger partial charge in [0.25, 0.3) is 5.84 Å². The molecule has 0 saturated carbocycles. The summed E-state index contributed by atoms with van der Waals surface area (Å²) >= 11 is 0. The van der Waals surface area contributed by atoms with Crippen molar-refractivity contribution in [1.29, 1.82) is 0 Å². The molecule has 0 amide bonds. The number of alkyl halides is 12. The molecule has 4 aromatic rings. The highest BCUT2D eigenvalue weighted by Crippen LogP contribution is 2.47. The average Bonchev–Trinajstić information content (AvgIpc) is 3.37. The zero-order valence-electron chi connectivity index (χ0n) is 24.1.